The van der Waals surface area contributed by atoms with Gasteiger partial charge >= 0.3 is 0 Å². The fourth-order valence-corrected chi connectivity index (χ4v) is 3.30. The molecule has 1 saturated heterocycles. The van der Waals surface area contributed by atoms with Gasteiger partial charge in [0.25, 0.3) is 11.6 Å². The van der Waals surface area contributed by atoms with E-state index in [1.165, 1.54) is 18.2 Å². The third-order valence-electron chi connectivity index (χ3n) is 4.55. The molecule has 0 saturated carbocycles. The van der Waals surface area contributed by atoms with Gasteiger partial charge in [-0.3, -0.25) is 19.7 Å². The summed E-state index contributed by atoms with van der Waals surface area (Å²) in [7, 11) is 0. The second-order valence-corrected chi connectivity index (χ2v) is 6.13. The Kier molecular flexibility index (Phi) is 4.88. The van der Waals surface area contributed by atoms with Crippen molar-refractivity contribution >= 4 is 17.9 Å². The second-order valence-electron chi connectivity index (χ2n) is 6.13. The number of nitro benzene ring substituents is 1. The molecule has 1 aliphatic rings. The van der Waals surface area contributed by atoms with E-state index in [0.29, 0.717) is 12.8 Å². The minimum atomic E-state index is -0.633. The maximum atomic E-state index is 12.8. The van der Waals surface area contributed by atoms with E-state index in [4.69, 9.17) is 0 Å². The van der Waals surface area contributed by atoms with Gasteiger partial charge in [-0.15, -0.1) is 0 Å². The van der Waals surface area contributed by atoms with Crippen molar-refractivity contribution in [1.82, 2.24) is 4.90 Å². The van der Waals surface area contributed by atoms with Gasteiger partial charge in [0, 0.05) is 24.2 Å². The molecule has 128 valence electrons. The first-order valence-corrected chi connectivity index (χ1v) is 8.18. The van der Waals surface area contributed by atoms with Gasteiger partial charge in [-0.25, -0.2) is 0 Å². The number of hydrogen-bond acceptors (Lipinski definition) is 4. The van der Waals surface area contributed by atoms with Crippen molar-refractivity contribution in [2.24, 2.45) is 0 Å². The molecule has 2 aromatic rings. The summed E-state index contributed by atoms with van der Waals surface area (Å²) in [6, 6.07) is 14.1. The van der Waals surface area contributed by atoms with Gasteiger partial charge in [0.15, 0.2) is 6.29 Å². The number of hydrogen-bond donors (Lipinski definition) is 0. The smallest absolute Gasteiger partial charge is 0.280 e. The van der Waals surface area contributed by atoms with E-state index in [-0.39, 0.29) is 28.8 Å². The van der Waals surface area contributed by atoms with Crippen LogP contribution in [0.2, 0.25) is 0 Å². The van der Waals surface area contributed by atoms with Gasteiger partial charge in [-0.1, -0.05) is 30.3 Å². The summed E-state index contributed by atoms with van der Waals surface area (Å²) in [5.41, 5.74) is 1.05. The number of nitro groups is 1. The monoisotopic (exact) mass is 338 g/mol. The molecule has 2 aromatic carbocycles. The van der Waals surface area contributed by atoms with Crippen LogP contribution in [-0.4, -0.2) is 34.6 Å². The van der Waals surface area contributed by atoms with Gasteiger partial charge < -0.3 is 4.90 Å². The molecular formula is C19H18N2O4. The fraction of sp³-hybridized carbons (Fsp3) is 0.263. The summed E-state index contributed by atoms with van der Waals surface area (Å²) >= 11 is 0. The Morgan fingerprint density at radius 3 is 2.68 bits per heavy atom. The van der Waals surface area contributed by atoms with E-state index in [0.717, 1.165) is 24.8 Å². The Morgan fingerprint density at radius 2 is 2.00 bits per heavy atom. The molecule has 0 N–H and O–H groups in total. The summed E-state index contributed by atoms with van der Waals surface area (Å²) in [5, 5.41) is 11.1. The highest BCUT2D eigenvalue weighted by Crippen LogP contribution is 2.25. The molecule has 1 unspecified atom stereocenters. The van der Waals surface area contributed by atoms with Crippen molar-refractivity contribution in [2.45, 2.75) is 25.3 Å². The summed E-state index contributed by atoms with van der Waals surface area (Å²) in [6.45, 7) is 0.638. The van der Waals surface area contributed by atoms with E-state index in [1.807, 2.05) is 30.3 Å². The molecule has 1 amide bonds. The van der Waals surface area contributed by atoms with Crippen LogP contribution in [0.4, 0.5) is 5.69 Å². The van der Waals surface area contributed by atoms with E-state index in [1.54, 1.807) is 4.90 Å². The van der Waals surface area contributed by atoms with Crippen LogP contribution in [0.3, 0.4) is 0 Å². The maximum absolute atomic E-state index is 12.8. The van der Waals surface area contributed by atoms with Crippen molar-refractivity contribution in [3.63, 3.8) is 0 Å². The summed E-state index contributed by atoms with van der Waals surface area (Å²) in [6.07, 6.45) is 3.02. The predicted molar refractivity (Wildman–Crippen MR) is 92.7 cm³/mol. The zero-order valence-corrected chi connectivity index (χ0v) is 13.6. The zero-order chi connectivity index (χ0) is 17.8. The Balaban J connectivity index is 1.83. The van der Waals surface area contributed by atoms with Crippen LogP contribution in [0.1, 0.15) is 39.1 Å². The lowest BCUT2D eigenvalue weighted by molar-refractivity contribution is -0.385. The molecule has 1 aliphatic heterocycles. The topological polar surface area (TPSA) is 80.5 Å². The highest BCUT2D eigenvalue weighted by atomic mass is 16.6. The van der Waals surface area contributed by atoms with Crippen molar-refractivity contribution in [1.29, 1.82) is 0 Å². The lowest BCUT2D eigenvalue weighted by Gasteiger charge is -2.25. The van der Waals surface area contributed by atoms with Crippen LogP contribution in [0.5, 0.6) is 0 Å². The van der Waals surface area contributed by atoms with E-state index in [9.17, 15) is 19.7 Å². The molecule has 25 heavy (non-hydrogen) atoms. The van der Waals surface area contributed by atoms with Crippen LogP contribution in [0, 0.1) is 10.1 Å². The van der Waals surface area contributed by atoms with Gasteiger partial charge in [-0.2, -0.15) is 0 Å². The number of amides is 1. The first-order valence-electron chi connectivity index (χ1n) is 8.18. The first-order chi connectivity index (χ1) is 12.1. The maximum Gasteiger partial charge on any atom is 0.280 e. The van der Waals surface area contributed by atoms with Crippen LogP contribution in [-0.2, 0) is 6.42 Å². The minimum Gasteiger partial charge on any atom is -0.335 e. The zero-order valence-electron chi connectivity index (χ0n) is 13.6. The third-order valence-corrected chi connectivity index (χ3v) is 4.55. The Labute approximate surface area is 145 Å². The second kappa shape index (κ2) is 7.25. The Morgan fingerprint density at radius 1 is 1.24 bits per heavy atom. The predicted octanol–water partition coefficient (Wildman–Crippen LogP) is 3.25. The van der Waals surface area contributed by atoms with Gasteiger partial charge in [0.1, 0.15) is 0 Å². The van der Waals surface area contributed by atoms with Crippen molar-refractivity contribution in [2.75, 3.05) is 6.54 Å². The molecule has 1 fully saturated rings. The highest BCUT2D eigenvalue weighted by Gasteiger charge is 2.30. The van der Waals surface area contributed by atoms with E-state index >= 15 is 0 Å². The molecule has 0 radical (unpaired) electrons. The average molecular weight is 338 g/mol. The average Bonchev–Trinajstić information content (AvgIpc) is 3.09. The summed E-state index contributed by atoms with van der Waals surface area (Å²) in [4.78, 5) is 36.0. The van der Waals surface area contributed by atoms with Crippen molar-refractivity contribution < 1.29 is 14.5 Å². The standard InChI is InChI=1S/C19H18N2O4/c22-13-16-9-8-15(12-18(16)21(24)25)19(23)20-10-4-7-17(20)11-14-5-2-1-3-6-14/h1-3,5-6,8-9,12-13,17H,4,7,10-11H2. The molecule has 0 aromatic heterocycles. The highest BCUT2D eigenvalue weighted by molar-refractivity contribution is 5.96. The van der Waals surface area contributed by atoms with Crippen molar-refractivity contribution in [3.8, 4) is 0 Å². The summed E-state index contributed by atoms with van der Waals surface area (Å²) in [5.74, 6) is -0.223. The molecule has 1 atom stereocenters. The number of carbonyl (C=O) groups excluding carboxylic acids is 2. The van der Waals surface area contributed by atoms with E-state index < -0.39 is 4.92 Å². The largest absolute Gasteiger partial charge is 0.335 e. The number of aldehydes is 1. The molecule has 1 heterocycles. The Bertz CT molecular complexity index is 804. The molecule has 0 spiro atoms. The number of nitrogens with zero attached hydrogens (tertiary/aromatic N) is 2. The lowest BCUT2D eigenvalue weighted by atomic mass is 10.0. The molecule has 0 aliphatic carbocycles. The first kappa shape index (κ1) is 16.8. The quantitative estimate of drug-likeness (QED) is 0.476. The molecule has 6 nitrogen and oxygen atoms in total. The number of rotatable bonds is 5. The van der Waals surface area contributed by atoms with Crippen LogP contribution in [0.25, 0.3) is 0 Å². The van der Waals surface area contributed by atoms with Crippen LogP contribution in [0.15, 0.2) is 48.5 Å². The number of likely N-dealkylation sites (tertiary alicyclic amines) is 1. The molecule has 6 heteroatoms. The van der Waals surface area contributed by atoms with Gasteiger partial charge in [-0.05, 0) is 37.0 Å². The van der Waals surface area contributed by atoms with Gasteiger partial charge in [0.2, 0.25) is 0 Å². The number of benzene rings is 2. The molecular weight excluding hydrogens is 320 g/mol. The minimum absolute atomic E-state index is 0.0243. The van der Waals surface area contributed by atoms with Gasteiger partial charge in [0.05, 0.1) is 10.5 Å². The lowest BCUT2D eigenvalue weighted by Crippen LogP contribution is -2.36. The number of carbonyl (C=O) groups is 2. The summed E-state index contributed by atoms with van der Waals surface area (Å²) < 4.78 is 0. The third kappa shape index (κ3) is 3.57. The van der Waals surface area contributed by atoms with Crippen LogP contribution < -0.4 is 0 Å². The fourth-order valence-electron chi connectivity index (χ4n) is 3.30. The molecule has 0 bridgehead atoms. The Hall–Kier alpha value is -3.02. The van der Waals surface area contributed by atoms with Crippen molar-refractivity contribution in [3.05, 3.63) is 75.3 Å². The van der Waals surface area contributed by atoms with Crippen LogP contribution >= 0.6 is 0 Å². The SMILES string of the molecule is O=Cc1ccc(C(=O)N2CCCC2Cc2ccccc2)cc1[N+](=O)[O-]. The molecule has 3 rings (SSSR count). The normalized spacial score (nSPS) is 16.6. The van der Waals surface area contributed by atoms with E-state index in [2.05, 4.69) is 0 Å².